The minimum atomic E-state index is -0.687. The van der Waals surface area contributed by atoms with E-state index in [1.165, 1.54) is 0 Å². The fraction of sp³-hybridized carbons (Fsp3) is 0.542. The van der Waals surface area contributed by atoms with Gasteiger partial charge in [-0.1, -0.05) is 56.3 Å². The zero-order valence-electron chi connectivity index (χ0n) is 19.3. The van der Waals surface area contributed by atoms with Gasteiger partial charge < -0.3 is 10.5 Å². The molecular weight excluding hydrogens is 394 g/mol. The molecule has 0 aromatic heterocycles. The van der Waals surface area contributed by atoms with E-state index in [0.29, 0.717) is 12.8 Å². The summed E-state index contributed by atoms with van der Waals surface area (Å²) in [6.07, 6.45) is 4.72. The van der Waals surface area contributed by atoms with Crippen molar-refractivity contribution in [3.05, 3.63) is 42.0 Å². The first-order valence-corrected chi connectivity index (χ1v) is 10.8. The molecule has 0 fully saturated rings. The van der Waals surface area contributed by atoms with Crippen LogP contribution in [0, 0.1) is 17.8 Å². The second-order valence-corrected chi connectivity index (χ2v) is 9.00. The molecule has 4 N–H and O–H groups in total. The number of hydrazine groups is 1. The minimum absolute atomic E-state index is 0.102. The Balaban J connectivity index is 3.07. The maximum absolute atomic E-state index is 13.0. The van der Waals surface area contributed by atoms with Crippen LogP contribution >= 0.6 is 0 Å². The number of carbonyl (C=O) groups is 3. The molecular formula is C24H37N3O4. The standard InChI is InChI=1S/C24H37N3O4/c1-17(2)16-20(22(29)27-26-21(28)14-15-25)19(23(30)31-24(3,4)5)13-9-12-18-10-7-6-8-11-18/h6-12,17,19-20H,13-16,25H2,1-5H3,(H,26,28)(H,27,29)/t19-,20+/m0/s1. The number of benzene rings is 1. The third-order valence-electron chi connectivity index (χ3n) is 4.45. The molecule has 7 nitrogen and oxygen atoms in total. The Morgan fingerprint density at radius 3 is 2.26 bits per heavy atom. The van der Waals surface area contributed by atoms with Gasteiger partial charge in [0.2, 0.25) is 11.8 Å². The Kier molecular flexibility index (Phi) is 11.0. The first kappa shape index (κ1) is 26.4. The van der Waals surface area contributed by atoms with Crippen molar-refractivity contribution in [1.82, 2.24) is 10.9 Å². The molecule has 0 heterocycles. The number of nitrogens with one attached hydrogen (secondary N) is 2. The fourth-order valence-corrected chi connectivity index (χ4v) is 3.10. The number of carbonyl (C=O) groups excluding carboxylic acids is 3. The van der Waals surface area contributed by atoms with Crippen LogP contribution in [0.1, 0.15) is 59.4 Å². The summed E-state index contributed by atoms with van der Waals surface area (Å²) >= 11 is 0. The van der Waals surface area contributed by atoms with E-state index < -0.39 is 29.3 Å². The Morgan fingerprint density at radius 2 is 1.71 bits per heavy atom. The van der Waals surface area contributed by atoms with Crippen molar-refractivity contribution in [2.75, 3.05) is 6.54 Å². The molecule has 1 rings (SSSR count). The predicted octanol–water partition coefficient (Wildman–Crippen LogP) is 3.21. The number of nitrogens with two attached hydrogens (primary N) is 1. The van der Waals surface area contributed by atoms with Gasteiger partial charge in [0.05, 0.1) is 11.8 Å². The van der Waals surface area contributed by atoms with Crippen LogP contribution in [-0.4, -0.2) is 29.9 Å². The molecule has 0 spiro atoms. The van der Waals surface area contributed by atoms with E-state index in [0.717, 1.165) is 5.56 Å². The highest BCUT2D eigenvalue weighted by molar-refractivity contribution is 5.87. The summed E-state index contributed by atoms with van der Waals surface area (Å²) in [5.74, 6) is -2.40. The Hall–Kier alpha value is -2.67. The lowest BCUT2D eigenvalue weighted by molar-refractivity contribution is -0.164. The van der Waals surface area contributed by atoms with E-state index in [1.807, 2.05) is 56.3 Å². The molecule has 31 heavy (non-hydrogen) atoms. The van der Waals surface area contributed by atoms with Crippen LogP contribution in [0.3, 0.4) is 0 Å². The molecule has 0 radical (unpaired) electrons. The van der Waals surface area contributed by atoms with Gasteiger partial charge in [0.25, 0.3) is 0 Å². The SMILES string of the molecule is CC(C)C[C@@H](C(=O)NNC(=O)CCN)[C@H](CC=Cc1ccccc1)C(=O)OC(C)(C)C. The van der Waals surface area contributed by atoms with E-state index in [9.17, 15) is 14.4 Å². The minimum Gasteiger partial charge on any atom is -0.460 e. The van der Waals surface area contributed by atoms with Gasteiger partial charge in [0, 0.05) is 13.0 Å². The highest BCUT2D eigenvalue weighted by atomic mass is 16.6. The molecule has 0 aliphatic heterocycles. The summed E-state index contributed by atoms with van der Waals surface area (Å²) in [7, 11) is 0. The molecule has 1 aromatic rings. The molecule has 2 atom stereocenters. The molecule has 0 saturated carbocycles. The molecule has 0 unspecified atom stereocenters. The number of hydrogen-bond acceptors (Lipinski definition) is 5. The van der Waals surface area contributed by atoms with Crippen LogP contribution < -0.4 is 16.6 Å². The van der Waals surface area contributed by atoms with Crippen molar-refractivity contribution < 1.29 is 19.1 Å². The number of esters is 1. The average molecular weight is 432 g/mol. The van der Waals surface area contributed by atoms with Gasteiger partial charge >= 0.3 is 5.97 Å². The van der Waals surface area contributed by atoms with Crippen molar-refractivity contribution in [1.29, 1.82) is 0 Å². The van der Waals surface area contributed by atoms with Gasteiger partial charge in [0.15, 0.2) is 0 Å². The smallest absolute Gasteiger partial charge is 0.310 e. The van der Waals surface area contributed by atoms with Gasteiger partial charge in [-0.15, -0.1) is 0 Å². The normalized spacial score (nSPS) is 13.6. The number of rotatable bonds is 10. The van der Waals surface area contributed by atoms with Gasteiger partial charge in [-0.05, 0) is 45.1 Å². The largest absolute Gasteiger partial charge is 0.460 e. The molecule has 0 aliphatic rings. The lowest BCUT2D eigenvalue weighted by atomic mass is 9.82. The molecule has 1 aromatic carbocycles. The van der Waals surface area contributed by atoms with E-state index in [4.69, 9.17) is 10.5 Å². The zero-order chi connectivity index (χ0) is 23.4. The first-order valence-electron chi connectivity index (χ1n) is 10.8. The van der Waals surface area contributed by atoms with Gasteiger partial charge in [0.1, 0.15) is 5.60 Å². The second-order valence-electron chi connectivity index (χ2n) is 9.00. The van der Waals surface area contributed by atoms with E-state index in [1.54, 1.807) is 20.8 Å². The summed E-state index contributed by atoms with van der Waals surface area (Å²) in [5, 5.41) is 0. The fourth-order valence-electron chi connectivity index (χ4n) is 3.10. The third-order valence-corrected chi connectivity index (χ3v) is 4.45. The zero-order valence-corrected chi connectivity index (χ0v) is 19.3. The number of amides is 2. The van der Waals surface area contributed by atoms with E-state index in [-0.39, 0.29) is 24.8 Å². The average Bonchev–Trinajstić information content (AvgIpc) is 2.67. The third kappa shape index (κ3) is 10.8. The van der Waals surface area contributed by atoms with Crippen molar-refractivity contribution in [3.63, 3.8) is 0 Å². The van der Waals surface area contributed by atoms with Crippen molar-refractivity contribution in [3.8, 4) is 0 Å². The van der Waals surface area contributed by atoms with Gasteiger partial charge in [-0.2, -0.15) is 0 Å². The predicted molar refractivity (Wildman–Crippen MR) is 122 cm³/mol. The van der Waals surface area contributed by atoms with Crippen molar-refractivity contribution in [2.45, 2.75) is 59.5 Å². The van der Waals surface area contributed by atoms with Crippen LogP contribution in [0.5, 0.6) is 0 Å². The van der Waals surface area contributed by atoms with Gasteiger partial charge in [-0.25, -0.2) is 0 Å². The Morgan fingerprint density at radius 1 is 1.06 bits per heavy atom. The van der Waals surface area contributed by atoms with Crippen LogP contribution in [0.2, 0.25) is 0 Å². The van der Waals surface area contributed by atoms with Crippen LogP contribution in [0.15, 0.2) is 36.4 Å². The Bertz CT molecular complexity index is 739. The molecule has 7 heteroatoms. The second kappa shape index (κ2) is 12.9. The van der Waals surface area contributed by atoms with E-state index in [2.05, 4.69) is 10.9 Å². The number of ether oxygens (including phenoxy) is 1. The summed E-state index contributed by atoms with van der Waals surface area (Å²) in [6.45, 7) is 9.55. The number of allylic oxidation sites excluding steroid dienone is 1. The summed E-state index contributed by atoms with van der Waals surface area (Å²) in [4.78, 5) is 37.7. The van der Waals surface area contributed by atoms with Crippen LogP contribution in [0.4, 0.5) is 0 Å². The summed E-state index contributed by atoms with van der Waals surface area (Å²) in [5.41, 5.74) is 10.5. The lowest BCUT2D eigenvalue weighted by Crippen LogP contribution is -2.48. The van der Waals surface area contributed by atoms with Crippen LogP contribution in [0.25, 0.3) is 6.08 Å². The van der Waals surface area contributed by atoms with E-state index >= 15 is 0 Å². The maximum Gasteiger partial charge on any atom is 0.310 e. The Labute approximate surface area is 185 Å². The first-order chi connectivity index (χ1) is 14.5. The molecule has 172 valence electrons. The maximum atomic E-state index is 13.0. The van der Waals surface area contributed by atoms with Crippen molar-refractivity contribution in [2.24, 2.45) is 23.5 Å². The lowest BCUT2D eigenvalue weighted by Gasteiger charge is -2.29. The van der Waals surface area contributed by atoms with Gasteiger partial charge in [-0.3, -0.25) is 25.2 Å². The molecule has 0 saturated heterocycles. The molecule has 2 amide bonds. The molecule has 0 aliphatic carbocycles. The highest BCUT2D eigenvalue weighted by Gasteiger charge is 2.36. The number of hydrogen-bond donors (Lipinski definition) is 3. The highest BCUT2D eigenvalue weighted by Crippen LogP contribution is 2.28. The molecule has 0 bridgehead atoms. The topological polar surface area (TPSA) is 111 Å². The van der Waals surface area contributed by atoms with Crippen LogP contribution in [-0.2, 0) is 19.1 Å². The van der Waals surface area contributed by atoms with Crippen molar-refractivity contribution >= 4 is 23.9 Å². The summed E-state index contributed by atoms with van der Waals surface area (Å²) < 4.78 is 5.62. The summed E-state index contributed by atoms with van der Waals surface area (Å²) in [6, 6.07) is 9.73. The monoisotopic (exact) mass is 431 g/mol. The quantitative estimate of drug-likeness (QED) is 0.389.